The lowest BCUT2D eigenvalue weighted by molar-refractivity contribution is -0.119. The minimum atomic E-state index is -0.577. The molecule has 0 bridgehead atoms. The van der Waals surface area contributed by atoms with Gasteiger partial charge in [0.05, 0.1) is 22.3 Å². The molecule has 0 aliphatic carbocycles. The zero-order valence-electron chi connectivity index (χ0n) is 10.1. The van der Waals surface area contributed by atoms with Crippen LogP contribution in [-0.4, -0.2) is 18.5 Å². The molecule has 0 heterocycles. The van der Waals surface area contributed by atoms with Gasteiger partial charge in [-0.2, -0.15) is 5.26 Å². The Kier molecular flexibility index (Phi) is 5.10. The molecule has 0 spiro atoms. The van der Waals surface area contributed by atoms with Crippen molar-refractivity contribution >= 4 is 27.5 Å². The van der Waals surface area contributed by atoms with Gasteiger partial charge in [-0.25, -0.2) is 4.39 Å². The molecule has 0 saturated carbocycles. The van der Waals surface area contributed by atoms with E-state index in [-0.39, 0.29) is 34.2 Å². The normalized spacial score (nSPS) is 10.0. The van der Waals surface area contributed by atoms with Crippen molar-refractivity contribution in [3.63, 3.8) is 0 Å². The second-order valence-electron chi connectivity index (χ2n) is 3.98. The Morgan fingerprint density at radius 2 is 2.22 bits per heavy atom. The van der Waals surface area contributed by atoms with Crippen LogP contribution in [0.25, 0.3) is 0 Å². The SMILES string of the molecule is CC(C)NC(=O)CNc1ccc(C#N)c(Br)c1F. The van der Waals surface area contributed by atoms with Crippen LogP contribution in [0.4, 0.5) is 10.1 Å². The summed E-state index contributed by atoms with van der Waals surface area (Å²) >= 11 is 3.00. The standard InChI is InChI=1S/C12H13BrFN3O/c1-7(2)17-10(18)6-16-9-4-3-8(5-15)11(13)12(9)14/h3-4,7,16H,6H2,1-2H3,(H,17,18). The predicted molar refractivity (Wildman–Crippen MR) is 70.6 cm³/mol. The number of carbonyl (C=O) groups is 1. The Bertz CT molecular complexity index is 497. The Labute approximate surface area is 113 Å². The highest BCUT2D eigenvalue weighted by Crippen LogP contribution is 2.26. The second kappa shape index (κ2) is 6.36. The molecule has 0 atom stereocenters. The van der Waals surface area contributed by atoms with E-state index in [0.717, 1.165) is 0 Å². The average molecular weight is 314 g/mol. The number of carbonyl (C=O) groups excluding carboxylic acids is 1. The van der Waals surface area contributed by atoms with Crippen LogP contribution in [0.15, 0.2) is 16.6 Å². The van der Waals surface area contributed by atoms with Crippen molar-refractivity contribution in [3.05, 3.63) is 28.0 Å². The zero-order valence-corrected chi connectivity index (χ0v) is 11.6. The van der Waals surface area contributed by atoms with E-state index in [0.29, 0.717) is 0 Å². The summed E-state index contributed by atoms with van der Waals surface area (Å²) < 4.78 is 13.9. The Hall–Kier alpha value is -1.61. The number of nitriles is 1. The first-order chi connectivity index (χ1) is 8.45. The van der Waals surface area contributed by atoms with Crippen LogP contribution in [0.1, 0.15) is 19.4 Å². The van der Waals surface area contributed by atoms with Crippen molar-refractivity contribution < 1.29 is 9.18 Å². The number of nitrogens with zero attached hydrogens (tertiary/aromatic N) is 1. The first kappa shape index (κ1) is 14.5. The highest BCUT2D eigenvalue weighted by molar-refractivity contribution is 9.10. The number of benzene rings is 1. The fraction of sp³-hybridized carbons (Fsp3) is 0.333. The molecule has 0 aliphatic rings. The van der Waals surface area contributed by atoms with Crippen LogP contribution in [-0.2, 0) is 4.79 Å². The lowest BCUT2D eigenvalue weighted by atomic mass is 10.2. The van der Waals surface area contributed by atoms with E-state index < -0.39 is 5.82 Å². The number of rotatable bonds is 4. The molecule has 6 heteroatoms. The summed E-state index contributed by atoms with van der Waals surface area (Å²) in [6.45, 7) is 3.67. The van der Waals surface area contributed by atoms with Gasteiger partial charge < -0.3 is 10.6 Å². The number of amides is 1. The van der Waals surface area contributed by atoms with Gasteiger partial charge in [0.1, 0.15) is 6.07 Å². The lowest BCUT2D eigenvalue weighted by Crippen LogP contribution is -2.34. The summed E-state index contributed by atoms with van der Waals surface area (Å²) in [7, 11) is 0. The molecular weight excluding hydrogens is 301 g/mol. The van der Waals surface area contributed by atoms with Crippen LogP contribution in [0.5, 0.6) is 0 Å². The lowest BCUT2D eigenvalue weighted by Gasteiger charge is -2.11. The van der Waals surface area contributed by atoms with Crippen molar-refractivity contribution in [2.24, 2.45) is 0 Å². The highest BCUT2D eigenvalue weighted by atomic mass is 79.9. The average Bonchev–Trinajstić information content (AvgIpc) is 2.30. The van der Waals surface area contributed by atoms with Gasteiger partial charge in [0.15, 0.2) is 5.82 Å². The van der Waals surface area contributed by atoms with Crippen molar-refractivity contribution in [2.45, 2.75) is 19.9 Å². The van der Waals surface area contributed by atoms with Crippen LogP contribution >= 0.6 is 15.9 Å². The maximum Gasteiger partial charge on any atom is 0.239 e. The summed E-state index contributed by atoms with van der Waals surface area (Å²) in [5.74, 6) is -0.795. The van der Waals surface area contributed by atoms with Gasteiger partial charge in [-0.05, 0) is 41.9 Å². The van der Waals surface area contributed by atoms with Crippen LogP contribution in [0.3, 0.4) is 0 Å². The van der Waals surface area contributed by atoms with E-state index in [1.54, 1.807) is 0 Å². The van der Waals surface area contributed by atoms with E-state index in [9.17, 15) is 9.18 Å². The topological polar surface area (TPSA) is 64.9 Å². The molecular formula is C12H13BrFN3O. The number of anilines is 1. The van der Waals surface area contributed by atoms with Gasteiger partial charge >= 0.3 is 0 Å². The Balaban J connectivity index is 2.73. The van der Waals surface area contributed by atoms with Crippen LogP contribution < -0.4 is 10.6 Å². The van der Waals surface area contributed by atoms with E-state index in [1.807, 2.05) is 19.9 Å². The largest absolute Gasteiger partial charge is 0.374 e. The van der Waals surface area contributed by atoms with E-state index in [4.69, 9.17) is 5.26 Å². The maximum atomic E-state index is 13.8. The molecule has 2 N–H and O–H groups in total. The summed E-state index contributed by atoms with van der Waals surface area (Å²) in [6.07, 6.45) is 0. The molecule has 0 radical (unpaired) electrons. The molecule has 4 nitrogen and oxygen atoms in total. The fourth-order valence-corrected chi connectivity index (χ4v) is 1.76. The molecule has 1 aromatic rings. The molecule has 0 unspecified atom stereocenters. The third-order valence-electron chi connectivity index (χ3n) is 2.09. The molecule has 18 heavy (non-hydrogen) atoms. The van der Waals surface area contributed by atoms with Crippen molar-refractivity contribution in [3.8, 4) is 6.07 Å². The van der Waals surface area contributed by atoms with Gasteiger partial charge in [0, 0.05) is 6.04 Å². The van der Waals surface area contributed by atoms with E-state index in [2.05, 4.69) is 26.6 Å². The number of halogens is 2. The van der Waals surface area contributed by atoms with Gasteiger partial charge in [-0.15, -0.1) is 0 Å². The first-order valence-corrected chi connectivity index (χ1v) is 6.16. The smallest absolute Gasteiger partial charge is 0.239 e. The minimum Gasteiger partial charge on any atom is -0.374 e. The van der Waals surface area contributed by atoms with Crippen molar-refractivity contribution in [2.75, 3.05) is 11.9 Å². The monoisotopic (exact) mass is 313 g/mol. The number of hydrogen-bond donors (Lipinski definition) is 2. The second-order valence-corrected chi connectivity index (χ2v) is 4.77. The summed E-state index contributed by atoms with van der Waals surface area (Å²) in [5.41, 5.74) is 0.393. The predicted octanol–water partition coefficient (Wildman–Crippen LogP) is 2.40. The van der Waals surface area contributed by atoms with Crippen molar-refractivity contribution in [1.82, 2.24) is 5.32 Å². The molecule has 96 valence electrons. The zero-order chi connectivity index (χ0) is 13.7. The molecule has 0 fully saturated rings. The summed E-state index contributed by atoms with van der Waals surface area (Å²) in [5, 5.41) is 14.1. The van der Waals surface area contributed by atoms with Gasteiger partial charge in [0.25, 0.3) is 0 Å². The third-order valence-corrected chi connectivity index (χ3v) is 2.87. The molecule has 1 amide bonds. The quantitative estimate of drug-likeness (QED) is 0.897. The fourth-order valence-electron chi connectivity index (χ4n) is 1.32. The van der Waals surface area contributed by atoms with E-state index >= 15 is 0 Å². The minimum absolute atomic E-state index is 0.0204. The van der Waals surface area contributed by atoms with Crippen molar-refractivity contribution in [1.29, 1.82) is 5.26 Å². The molecule has 1 rings (SSSR count). The first-order valence-electron chi connectivity index (χ1n) is 5.37. The third kappa shape index (κ3) is 3.70. The van der Waals surface area contributed by atoms with Gasteiger partial charge in [0.2, 0.25) is 5.91 Å². The molecule has 0 aromatic heterocycles. The molecule has 0 saturated heterocycles. The van der Waals surface area contributed by atoms with Gasteiger partial charge in [-0.3, -0.25) is 4.79 Å². The molecule has 1 aromatic carbocycles. The van der Waals surface area contributed by atoms with Gasteiger partial charge in [-0.1, -0.05) is 0 Å². The maximum absolute atomic E-state index is 13.8. The van der Waals surface area contributed by atoms with Crippen LogP contribution in [0, 0.1) is 17.1 Å². The number of nitrogens with one attached hydrogen (secondary N) is 2. The van der Waals surface area contributed by atoms with Crippen LogP contribution in [0.2, 0.25) is 0 Å². The summed E-state index contributed by atoms with van der Waals surface area (Å²) in [4.78, 5) is 11.4. The Morgan fingerprint density at radius 1 is 1.56 bits per heavy atom. The van der Waals surface area contributed by atoms with E-state index in [1.165, 1.54) is 12.1 Å². The Morgan fingerprint density at radius 3 is 2.78 bits per heavy atom. The summed E-state index contributed by atoms with van der Waals surface area (Å²) in [6, 6.07) is 4.81. The molecule has 0 aliphatic heterocycles. The number of hydrogen-bond acceptors (Lipinski definition) is 3. The highest BCUT2D eigenvalue weighted by Gasteiger charge is 2.11.